The number of thiazole rings is 1. The average Bonchev–Trinajstić information content (AvgIpc) is 2.93. The van der Waals surface area contributed by atoms with Gasteiger partial charge in [0.1, 0.15) is 17.2 Å². The first kappa shape index (κ1) is 21.8. The molecule has 0 unspecified atom stereocenters. The van der Waals surface area contributed by atoms with E-state index in [4.69, 9.17) is 21.2 Å². The number of amides is 1. The van der Waals surface area contributed by atoms with E-state index in [1.807, 2.05) is 0 Å². The van der Waals surface area contributed by atoms with Gasteiger partial charge in [0.15, 0.2) is 5.13 Å². The second-order valence-corrected chi connectivity index (χ2v) is 7.69. The van der Waals surface area contributed by atoms with Crippen LogP contribution in [0.15, 0.2) is 10.5 Å². The van der Waals surface area contributed by atoms with E-state index in [1.54, 1.807) is 20.8 Å². The second kappa shape index (κ2) is 8.45. The van der Waals surface area contributed by atoms with Crippen molar-refractivity contribution in [3.8, 4) is 0 Å². The molecule has 144 valence electrons. The number of esters is 1. The number of carbonyl (C=O) groups excluding carboxylic acids is 2. The first-order chi connectivity index (χ1) is 11.9. The Morgan fingerprint density at radius 2 is 1.92 bits per heavy atom. The van der Waals surface area contributed by atoms with E-state index in [0.29, 0.717) is 0 Å². The maximum atomic E-state index is 12.1. The number of oxime groups is 1. The van der Waals surface area contributed by atoms with Gasteiger partial charge in [0, 0.05) is 5.38 Å². The van der Waals surface area contributed by atoms with E-state index in [1.165, 1.54) is 19.2 Å². The van der Waals surface area contributed by atoms with E-state index < -0.39 is 34.8 Å². The largest absolute Gasteiger partial charge is 0.476 e. The summed E-state index contributed by atoms with van der Waals surface area (Å²) in [7, 11) is 0. The summed E-state index contributed by atoms with van der Waals surface area (Å²) >= 11 is 6.37. The predicted octanol–water partition coefficient (Wildman–Crippen LogP) is 2.25. The van der Waals surface area contributed by atoms with Crippen molar-refractivity contribution in [1.29, 1.82) is 0 Å². The summed E-state index contributed by atoms with van der Waals surface area (Å²) in [5.74, 6) is -2.86. The van der Waals surface area contributed by atoms with Crippen LogP contribution in [0.2, 0.25) is 0 Å². The zero-order valence-electron chi connectivity index (χ0n) is 15.0. The molecule has 1 aromatic rings. The van der Waals surface area contributed by atoms with Gasteiger partial charge in [-0.15, -0.1) is 22.9 Å². The van der Waals surface area contributed by atoms with Crippen molar-refractivity contribution in [2.24, 2.45) is 5.16 Å². The Labute approximate surface area is 159 Å². The van der Waals surface area contributed by atoms with Gasteiger partial charge >= 0.3 is 11.9 Å². The number of anilines is 1. The molecule has 0 atom stereocenters. The molecule has 1 aromatic heterocycles. The van der Waals surface area contributed by atoms with E-state index in [-0.39, 0.29) is 16.7 Å². The molecule has 0 spiro atoms. The van der Waals surface area contributed by atoms with Crippen molar-refractivity contribution in [2.75, 3.05) is 11.2 Å². The number of aliphatic carboxylic acids is 1. The molecule has 0 aliphatic carbocycles. The molecule has 0 aromatic carbocycles. The SMILES string of the molecule is CC(C)(C)OC(=O)C(C)(C)ON=C(C(=O)O)c1csc(NC(=O)CCl)n1. The Balaban J connectivity index is 2.98. The fraction of sp³-hybridized carbons (Fsp3) is 0.533. The number of alkyl halides is 1. The number of carboxylic acid groups (broad SMARTS) is 1. The molecule has 0 aliphatic heterocycles. The molecular formula is C15H20ClN3O6S. The monoisotopic (exact) mass is 405 g/mol. The average molecular weight is 406 g/mol. The lowest BCUT2D eigenvalue weighted by Gasteiger charge is -2.26. The summed E-state index contributed by atoms with van der Waals surface area (Å²) in [5.41, 5.74) is -2.81. The molecule has 1 rings (SSSR count). The van der Waals surface area contributed by atoms with Gasteiger partial charge in [0.25, 0.3) is 0 Å². The molecule has 0 saturated carbocycles. The van der Waals surface area contributed by atoms with Crippen molar-refractivity contribution < 1.29 is 29.1 Å². The van der Waals surface area contributed by atoms with E-state index in [2.05, 4.69) is 15.5 Å². The number of ether oxygens (including phenoxy) is 1. The number of hydrogen-bond donors (Lipinski definition) is 2. The number of rotatable bonds is 7. The zero-order chi connectivity index (χ0) is 20.1. The fourth-order valence-electron chi connectivity index (χ4n) is 1.39. The van der Waals surface area contributed by atoms with Crippen LogP contribution in [0.5, 0.6) is 0 Å². The third-order valence-electron chi connectivity index (χ3n) is 2.57. The number of carboxylic acids is 1. The van der Waals surface area contributed by atoms with Crippen LogP contribution in [0.1, 0.15) is 40.3 Å². The second-order valence-electron chi connectivity index (χ2n) is 6.57. The molecule has 1 amide bonds. The first-order valence-electron chi connectivity index (χ1n) is 7.40. The van der Waals surface area contributed by atoms with Gasteiger partial charge in [0.05, 0.1) is 0 Å². The highest BCUT2D eigenvalue weighted by Crippen LogP contribution is 2.20. The van der Waals surface area contributed by atoms with Crippen molar-refractivity contribution >= 4 is 51.6 Å². The van der Waals surface area contributed by atoms with Crippen LogP contribution in [-0.2, 0) is 24.0 Å². The summed E-state index contributed by atoms with van der Waals surface area (Å²) in [5, 5.41) is 16.8. The fourth-order valence-corrected chi connectivity index (χ4v) is 2.16. The number of halogens is 1. The molecule has 0 fully saturated rings. The Morgan fingerprint density at radius 1 is 1.31 bits per heavy atom. The van der Waals surface area contributed by atoms with Crippen molar-refractivity contribution in [3.63, 3.8) is 0 Å². The quantitative estimate of drug-likeness (QED) is 0.308. The number of aromatic nitrogens is 1. The standard InChI is InChI=1S/C15H20ClN3O6S/c1-14(2,3)24-12(23)15(4,5)25-19-10(11(21)22)8-7-26-13(17-8)18-9(20)6-16/h7H,6H2,1-5H3,(H,21,22)(H,17,18,20). The van der Waals surface area contributed by atoms with Gasteiger partial charge in [-0.1, -0.05) is 5.16 Å². The van der Waals surface area contributed by atoms with Crippen LogP contribution in [0.4, 0.5) is 5.13 Å². The van der Waals surface area contributed by atoms with Crippen LogP contribution in [-0.4, -0.2) is 50.7 Å². The molecule has 1 heterocycles. The molecule has 11 heteroatoms. The van der Waals surface area contributed by atoms with E-state index >= 15 is 0 Å². The Kier molecular flexibility index (Phi) is 7.10. The van der Waals surface area contributed by atoms with Gasteiger partial charge in [-0.3, -0.25) is 4.79 Å². The summed E-state index contributed by atoms with van der Waals surface area (Å²) < 4.78 is 5.21. The van der Waals surface area contributed by atoms with Gasteiger partial charge in [-0.2, -0.15) is 0 Å². The number of nitrogens with one attached hydrogen (secondary N) is 1. The number of carbonyl (C=O) groups is 3. The van der Waals surface area contributed by atoms with Crippen LogP contribution < -0.4 is 5.32 Å². The topological polar surface area (TPSA) is 127 Å². The molecule has 2 N–H and O–H groups in total. The molecule has 0 radical (unpaired) electrons. The van der Waals surface area contributed by atoms with Gasteiger partial charge in [0.2, 0.25) is 17.2 Å². The minimum atomic E-state index is -1.51. The van der Waals surface area contributed by atoms with Crippen LogP contribution in [0.3, 0.4) is 0 Å². The molecule has 9 nitrogen and oxygen atoms in total. The van der Waals surface area contributed by atoms with Gasteiger partial charge in [-0.25, -0.2) is 14.6 Å². The van der Waals surface area contributed by atoms with Crippen molar-refractivity contribution in [1.82, 2.24) is 4.98 Å². The summed E-state index contributed by atoms with van der Waals surface area (Å²) in [4.78, 5) is 43.9. The third-order valence-corrected chi connectivity index (χ3v) is 3.57. The van der Waals surface area contributed by atoms with Gasteiger partial charge in [-0.05, 0) is 34.6 Å². The van der Waals surface area contributed by atoms with Crippen LogP contribution in [0.25, 0.3) is 0 Å². The number of nitrogens with zero attached hydrogens (tertiary/aromatic N) is 2. The predicted molar refractivity (Wildman–Crippen MR) is 96.6 cm³/mol. The Bertz CT molecular complexity index is 723. The van der Waals surface area contributed by atoms with Gasteiger partial charge < -0.3 is 20.0 Å². The lowest BCUT2D eigenvalue weighted by molar-refractivity contribution is -0.179. The van der Waals surface area contributed by atoms with Crippen molar-refractivity contribution in [3.05, 3.63) is 11.1 Å². The highest BCUT2D eigenvalue weighted by molar-refractivity contribution is 7.14. The lowest BCUT2D eigenvalue weighted by Crippen LogP contribution is -2.40. The maximum Gasteiger partial charge on any atom is 0.360 e. The smallest absolute Gasteiger partial charge is 0.360 e. The zero-order valence-corrected chi connectivity index (χ0v) is 16.5. The molecule has 0 bridgehead atoms. The van der Waals surface area contributed by atoms with Crippen LogP contribution in [0, 0.1) is 0 Å². The Morgan fingerprint density at radius 3 is 2.42 bits per heavy atom. The lowest BCUT2D eigenvalue weighted by atomic mass is 10.1. The molecule has 26 heavy (non-hydrogen) atoms. The minimum absolute atomic E-state index is 0.0349. The summed E-state index contributed by atoms with van der Waals surface area (Å²) in [6.07, 6.45) is 0. The first-order valence-corrected chi connectivity index (χ1v) is 8.82. The molecule has 0 saturated heterocycles. The highest BCUT2D eigenvalue weighted by atomic mass is 35.5. The summed E-state index contributed by atoms with van der Waals surface area (Å²) in [6.45, 7) is 7.88. The maximum absolute atomic E-state index is 12.1. The van der Waals surface area contributed by atoms with E-state index in [9.17, 15) is 19.5 Å². The molecular weight excluding hydrogens is 386 g/mol. The number of hydrogen-bond acceptors (Lipinski definition) is 8. The molecule has 0 aliphatic rings. The third kappa shape index (κ3) is 6.60. The highest BCUT2D eigenvalue weighted by Gasteiger charge is 2.36. The normalized spacial score (nSPS) is 12.5. The minimum Gasteiger partial charge on any atom is -0.476 e. The van der Waals surface area contributed by atoms with Crippen LogP contribution >= 0.6 is 22.9 Å². The van der Waals surface area contributed by atoms with E-state index in [0.717, 1.165) is 11.3 Å². The Hall–Kier alpha value is -2.20. The summed E-state index contributed by atoms with van der Waals surface area (Å²) in [6, 6.07) is 0. The van der Waals surface area contributed by atoms with Crippen molar-refractivity contribution in [2.45, 2.75) is 45.8 Å².